The summed E-state index contributed by atoms with van der Waals surface area (Å²) >= 11 is 0. The van der Waals surface area contributed by atoms with E-state index in [0.717, 1.165) is 67.5 Å². The van der Waals surface area contributed by atoms with Crippen LogP contribution in [0.3, 0.4) is 0 Å². The van der Waals surface area contributed by atoms with Crippen molar-refractivity contribution in [1.29, 1.82) is 0 Å². The predicted molar refractivity (Wildman–Crippen MR) is 138 cm³/mol. The fourth-order valence-electron chi connectivity index (χ4n) is 7.54. The number of carboxylic acid groups (broad SMARTS) is 1. The normalized spacial score (nSPS) is 28.9. The van der Waals surface area contributed by atoms with Gasteiger partial charge in [-0.1, -0.05) is 11.8 Å². The molecule has 7 rings (SSSR count). The molecule has 0 unspecified atom stereocenters. The van der Waals surface area contributed by atoms with E-state index in [2.05, 4.69) is 34.9 Å². The van der Waals surface area contributed by atoms with Crippen molar-refractivity contribution in [2.75, 3.05) is 39.5 Å². The number of rotatable bonds is 6. The highest BCUT2D eigenvalue weighted by Crippen LogP contribution is 2.61. The summed E-state index contributed by atoms with van der Waals surface area (Å²) in [5, 5.41) is 9.14. The molecule has 5 heteroatoms. The molecule has 4 bridgehead atoms. The van der Waals surface area contributed by atoms with Crippen molar-refractivity contribution in [1.82, 2.24) is 4.90 Å². The Morgan fingerprint density at radius 2 is 1.56 bits per heavy atom. The van der Waals surface area contributed by atoms with Gasteiger partial charge in [-0.3, -0.25) is 4.90 Å². The van der Waals surface area contributed by atoms with E-state index in [-0.39, 0.29) is 11.0 Å². The number of carboxylic acids is 1. The van der Waals surface area contributed by atoms with E-state index >= 15 is 0 Å². The number of carbonyl (C=O) groups is 1. The zero-order valence-electron chi connectivity index (χ0n) is 20.9. The second-order valence-electron chi connectivity index (χ2n) is 11.3. The van der Waals surface area contributed by atoms with Crippen molar-refractivity contribution >= 4 is 5.97 Å². The van der Waals surface area contributed by atoms with Crippen LogP contribution in [0.4, 0.5) is 0 Å². The third kappa shape index (κ3) is 4.90. The molecule has 5 fully saturated rings. The van der Waals surface area contributed by atoms with Crippen molar-refractivity contribution in [3.05, 3.63) is 64.7 Å². The van der Waals surface area contributed by atoms with E-state index in [0.29, 0.717) is 6.61 Å². The SMILES string of the molecule is O=C(O)c1ccc(C#Cc2ccc(OCCN3CCOCC3)c(C34CC5CC(CC(C5)C3)C4)c2)cc1. The molecule has 4 saturated carbocycles. The molecule has 36 heavy (non-hydrogen) atoms. The molecule has 0 amide bonds. The number of nitrogens with zero attached hydrogens (tertiary/aromatic N) is 1. The zero-order chi connectivity index (χ0) is 24.5. The Labute approximate surface area is 213 Å². The summed E-state index contributed by atoms with van der Waals surface area (Å²) in [6.45, 7) is 5.20. The first-order chi connectivity index (χ1) is 17.6. The van der Waals surface area contributed by atoms with Crippen molar-refractivity contribution < 1.29 is 19.4 Å². The smallest absolute Gasteiger partial charge is 0.335 e. The van der Waals surface area contributed by atoms with Crippen LogP contribution in [0.15, 0.2) is 42.5 Å². The number of hydrogen-bond donors (Lipinski definition) is 1. The Morgan fingerprint density at radius 1 is 0.944 bits per heavy atom. The minimum Gasteiger partial charge on any atom is -0.492 e. The third-order valence-corrected chi connectivity index (χ3v) is 8.84. The molecule has 5 aliphatic rings. The molecule has 1 aliphatic heterocycles. The highest BCUT2D eigenvalue weighted by atomic mass is 16.5. The van der Waals surface area contributed by atoms with E-state index in [1.807, 2.05) is 0 Å². The average Bonchev–Trinajstić information content (AvgIpc) is 2.88. The topological polar surface area (TPSA) is 59.0 Å². The predicted octanol–water partition coefficient (Wildman–Crippen LogP) is 4.96. The Morgan fingerprint density at radius 3 is 2.19 bits per heavy atom. The highest BCUT2D eigenvalue weighted by molar-refractivity contribution is 5.87. The lowest BCUT2D eigenvalue weighted by Gasteiger charge is -2.57. The lowest BCUT2D eigenvalue weighted by Crippen LogP contribution is -2.48. The van der Waals surface area contributed by atoms with Gasteiger partial charge in [-0.2, -0.15) is 0 Å². The van der Waals surface area contributed by atoms with Gasteiger partial charge in [-0.05, 0) is 104 Å². The molecule has 188 valence electrons. The lowest BCUT2D eigenvalue weighted by atomic mass is 9.48. The summed E-state index contributed by atoms with van der Waals surface area (Å²) in [5.41, 5.74) is 3.70. The van der Waals surface area contributed by atoms with Crippen LogP contribution in [0.2, 0.25) is 0 Å². The van der Waals surface area contributed by atoms with Crippen molar-refractivity contribution in [3.8, 4) is 17.6 Å². The van der Waals surface area contributed by atoms with Crippen molar-refractivity contribution in [2.45, 2.75) is 43.9 Å². The summed E-state index contributed by atoms with van der Waals surface area (Å²) in [4.78, 5) is 13.6. The summed E-state index contributed by atoms with van der Waals surface area (Å²) in [7, 11) is 0. The summed E-state index contributed by atoms with van der Waals surface area (Å²) in [6, 6.07) is 13.3. The van der Waals surface area contributed by atoms with E-state index in [1.54, 1.807) is 24.3 Å². The fraction of sp³-hybridized carbons (Fsp3) is 0.516. The van der Waals surface area contributed by atoms with E-state index in [4.69, 9.17) is 14.6 Å². The molecule has 4 aliphatic carbocycles. The molecule has 1 heterocycles. The lowest BCUT2D eigenvalue weighted by molar-refractivity contribution is -0.00669. The maximum absolute atomic E-state index is 11.1. The van der Waals surface area contributed by atoms with E-state index in [9.17, 15) is 4.79 Å². The number of morpholine rings is 1. The fourth-order valence-corrected chi connectivity index (χ4v) is 7.54. The van der Waals surface area contributed by atoms with Gasteiger partial charge in [0.15, 0.2) is 0 Å². The quantitative estimate of drug-likeness (QED) is 0.586. The second kappa shape index (κ2) is 9.92. The first-order valence-electron chi connectivity index (χ1n) is 13.5. The molecule has 1 saturated heterocycles. The van der Waals surface area contributed by atoms with Crippen LogP contribution >= 0.6 is 0 Å². The number of hydrogen-bond acceptors (Lipinski definition) is 4. The van der Waals surface area contributed by atoms with Crippen LogP contribution in [0.5, 0.6) is 5.75 Å². The van der Waals surface area contributed by atoms with Gasteiger partial charge in [-0.15, -0.1) is 0 Å². The van der Waals surface area contributed by atoms with Gasteiger partial charge in [-0.25, -0.2) is 4.79 Å². The average molecular weight is 486 g/mol. The van der Waals surface area contributed by atoms with Gasteiger partial charge in [0.1, 0.15) is 12.4 Å². The number of benzene rings is 2. The van der Waals surface area contributed by atoms with Crippen LogP contribution in [0.1, 0.15) is 65.6 Å². The van der Waals surface area contributed by atoms with E-state index in [1.165, 1.54) is 44.1 Å². The van der Waals surface area contributed by atoms with Gasteiger partial charge in [0.25, 0.3) is 0 Å². The molecule has 0 spiro atoms. The standard InChI is InChI=1S/C31H35NO4/c33-30(34)27-6-3-22(4-7-27)1-2-23-5-8-29(36-14-11-32-9-12-35-13-10-32)28(18-23)31-19-24-15-25(20-31)17-26(16-24)21-31/h3-8,18,24-26H,9-17,19-21H2,(H,33,34). The van der Waals surface area contributed by atoms with E-state index < -0.39 is 5.97 Å². The van der Waals surface area contributed by atoms with Gasteiger partial charge in [0.05, 0.1) is 18.8 Å². The Kier molecular flexibility index (Phi) is 6.50. The highest BCUT2D eigenvalue weighted by Gasteiger charge is 2.52. The van der Waals surface area contributed by atoms with Crippen LogP contribution in [0, 0.1) is 29.6 Å². The van der Waals surface area contributed by atoms with Gasteiger partial charge in [0.2, 0.25) is 0 Å². The first-order valence-corrected chi connectivity index (χ1v) is 13.5. The third-order valence-electron chi connectivity index (χ3n) is 8.84. The van der Waals surface area contributed by atoms with Gasteiger partial charge in [0, 0.05) is 36.3 Å². The molecule has 2 aromatic carbocycles. The summed E-state index contributed by atoms with van der Waals surface area (Å²) < 4.78 is 12.0. The number of ether oxygens (including phenoxy) is 2. The molecule has 0 aromatic heterocycles. The van der Waals surface area contributed by atoms with Gasteiger partial charge >= 0.3 is 5.97 Å². The Hall–Kier alpha value is -2.81. The van der Waals surface area contributed by atoms with Gasteiger partial charge < -0.3 is 14.6 Å². The molecule has 1 N–H and O–H groups in total. The zero-order valence-corrected chi connectivity index (χ0v) is 20.9. The monoisotopic (exact) mass is 485 g/mol. The molecular weight excluding hydrogens is 450 g/mol. The van der Waals surface area contributed by atoms with Crippen LogP contribution in [0.25, 0.3) is 0 Å². The van der Waals surface area contributed by atoms with Crippen LogP contribution < -0.4 is 4.74 Å². The minimum atomic E-state index is -0.918. The minimum absolute atomic E-state index is 0.226. The summed E-state index contributed by atoms with van der Waals surface area (Å²) in [6.07, 6.45) is 8.10. The Balaban J connectivity index is 1.26. The molecular formula is C31H35NO4. The molecule has 0 radical (unpaired) electrons. The molecule has 2 aromatic rings. The summed E-state index contributed by atoms with van der Waals surface area (Å²) in [5.74, 6) is 9.28. The van der Waals surface area contributed by atoms with Crippen molar-refractivity contribution in [2.24, 2.45) is 17.8 Å². The molecule has 0 atom stereocenters. The largest absolute Gasteiger partial charge is 0.492 e. The maximum Gasteiger partial charge on any atom is 0.335 e. The van der Waals surface area contributed by atoms with Crippen LogP contribution in [-0.4, -0.2) is 55.4 Å². The molecule has 5 nitrogen and oxygen atoms in total. The first kappa shape index (κ1) is 23.6. The second-order valence-corrected chi connectivity index (χ2v) is 11.3. The number of aromatic carboxylic acids is 1. The Bertz CT molecular complexity index is 1130. The van der Waals surface area contributed by atoms with Crippen LogP contribution in [-0.2, 0) is 10.2 Å². The maximum atomic E-state index is 11.1. The van der Waals surface area contributed by atoms with Crippen molar-refractivity contribution in [3.63, 3.8) is 0 Å².